The molecule has 1 saturated heterocycles. The van der Waals surface area contributed by atoms with E-state index in [4.69, 9.17) is 9.47 Å². The van der Waals surface area contributed by atoms with Gasteiger partial charge in [-0.05, 0) is 63.1 Å². The van der Waals surface area contributed by atoms with E-state index in [1.807, 2.05) is 38.1 Å². The normalized spacial score (nSPS) is 16.4. The number of piperidine rings is 1. The summed E-state index contributed by atoms with van der Waals surface area (Å²) in [7, 11) is -3.47. The molecule has 0 bridgehead atoms. The minimum Gasteiger partial charge on any atom is -0.494 e. The van der Waals surface area contributed by atoms with E-state index in [0.29, 0.717) is 43.2 Å². The van der Waals surface area contributed by atoms with Gasteiger partial charge in [0.1, 0.15) is 17.6 Å². The average molecular weight is 375 g/mol. The molecular weight excluding hydrogens is 350 g/mol. The Morgan fingerprint density at radius 3 is 2.12 bits per heavy atom. The number of sulfonamides is 1. The van der Waals surface area contributed by atoms with Crippen LogP contribution in [0.15, 0.2) is 53.4 Å². The molecule has 0 aromatic heterocycles. The first-order valence-corrected chi connectivity index (χ1v) is 10.4. The predicted octanol–water partition coefficient (Wildman–Crippen LogP) is 3.63. The van der Waals surface area contributed by atoms with Crippen LogP contribution in [0.1, 0.15) is 25.3 Å². The van der Waals surface area contributed by atoms with Crippen molar-refractivity contribution in [3.8, 4) is 11.5 Å². The van der Waals surface area contributed by atoms with Crippen molar-refractivity contribution in [3.05, 3.63) is 54.1 Å². The van der Waals surface area contributed by atoms with Crippen molar-refractivity contribution in [1.29, 1.82) is 0 Å². The number of benzene rings is 2. The summed E-state index contributed by atoms with van der Waals surface area (Å²) in [6, 6.07) is 14.6. The standard InChI is InChI=1S/C20H25NO4S/c1-3-24-17-8-10-20(11-9-17)26(22,23)21-14-12-19(13-15-21)25-18-6-4-16(2)5-7-18/h4-11,19H,3,12-15H2,1-2H3. The van der Waals surface area contributed by atoms with Crippen molar-refractivity contribution in [2.45, 2.75) is 37.7 Å². The number of aryl methyl sites for hydroxylation is 1. The van der Waals surface area contributed by atoms with Gasteiger partial charge in [0.2, 0.25) is 10.0 Å². The molecular formula is C20H25NO4S. The Labute approximate surface area is 155 Å². The Kier molecular flexibility index (Phi) is 5.84. The molecule has 0 amide bonds. The van der Waals surface area contributed by atoms with E-state index in [1.54, 1.807) is 24.3 Å². The van der Waals surface area contributed by atoms with E-state index in [1.165, 1.54) is 9.87 Å². The predicted molar refractivity (Wildman–Crippen MR) is 101 cm³/mol. The third kappa shape index (κ3) is 4.37. The van der Waals surface area contributed by atoms with Crippen LogP contribution in [0.3, 0.4) is 0 Å². The summed E-state index contributed by atoms with van der Waals surface area (Å²) in [6.45, 7) is 5.42. The van der Waals surface area contributed by atoms with E-state index in [9.17, 15) is 8.42 Å². The van der Waals surface area contributed by atoms with Gasteiger partial charge < -0.3 is 9.47 Å². The quantitative estimate of drug-likeness (QED) is 0.774. The van der Waals surface area contributed by atoms with Crippen molar-refractivity contribution in [2.24, 2.45) is 0 Å². The lowest BCUT2D eigenvalue weighted by Crippen LogP contribution is -2.41. The highest BCUT2D eigenvalue weighted by Crippen LogP contribution is 2.25. The second kappa shape index (κ2) is 8.10. The highest BCUT2D eigenvalue weighted by Gasteiger charge is 2.30. The number of nitrogens with zero attached hydrogens (tertiary/aromatic N) is 1. The molecule has 1 fully saturated rings. The summed E-state index contributed by atoms with van der Waals surface area (Å²) in [5.74, 6) is 1.51. The van der Waals surface area contributed by atoms with Gasteiger partial charge in [-0.3, -0.25) is 0 Å². The molecule has 3 rings (SSSR count). The van der Waals surface area contributed by atoms with Crippen molar-refractivity contribution < 1.29 is 17.9 Å². The van der Waals surface area contributed by atoms with Gasteiger partial charge in [-0.25, -0.2) is 8.42 Å². The summed E-state index contributed by atoms with van der Waals surface area (Å²) in [4.78, 5) is 0.304. The molecule has 0 N–H and O–H groups in total. The van der Waals surface area contributed by atoms with Crippen LogP contribution in [0.4, 0.5) is 0 Å². The smallest absolute Gasteiger partial charge is 0.243 e. The zero-order valence-corrected chi connectivity index (χ0v) is 16.0. The van der Waals surface area contributed by atoms with E-state index < -0.39 is 10.0 Å². The van der Waals surface area contributed by atoms with E-state index >= 15 is 0 Å². The fraction of sp³-hybridized carbons (Fsp3) is 0.400. The summed E-state index contributed by atoms with van der Waals surface area (Å²) in [6.07, 6.45) is 1.42. The maximum atomic E-state index is 12.8. The van der Waals surface area contributed by atoms with Crippen LogP contribution < -0.4 is 9.47 Å². The van der Waals surface area contributed by atoms with Gasteiger partial charge in [0.25, 0.3) is 0 Å². The van der Waals surface area contributed by atoms with Crippen LogP contribution in [0.2, 0.25) is 0 Å². The molecule has 0 unspecified atom stereocenters. The molecule has 1 aliphatic heterocycles. The molecule has 2 aromatic rings. The maximum Gasteiger partial charge on any atom is 0.243 e. The average Bonchev–Trinajstić information content (AvgIpc) is 2.65. The van der Waals surface area contributed by atoms with Crippen LogP contribution in [0.5, 0.6) is 11.5 Å². The van der Waals surface area contributed by atoms with E-state index in [2.05, 4.69) is 0 Å². The number of rotatable bonds is 6. The first-order chi connectivity index (χ1) is 12.5. The Hall–Kier alpha value is -2.05. The molecule has 6 heteroatoms. The van der Waals surface area contributed by atoms with Gasteiger partial charge in [-0.1, -0.05) is 17.7 Å². The Morgan fingerprint density at radius 2 is 1.54 bits per heavy atom. The molecule has 0 aliphatic carbocycles. The van der Waals surface area contributed by atoms with Crippen molar-refractivity contribution in [3.63, 3.8) is 0 Å². The topological polar surface area (TPSA) is 55.8 Å². The molecule has 0 radical (unpaired) electrons. The van der Waals surface area contributed by atoms with Crippen LogP contribution in [0, 0.1) is 6.92 Å². The van der Waals surface area contributed by atoms with Gasteiger partial charge in [0.05, 0.1) is 11.5 Å². The lowest BCUT2D eigenvalue weighted by Gasteiger charge is -2.31. The first kappa shape index (κ1) is 18.7. The SMILES string of the molecule is CCOc1ccc(S(=O)(=O)N2CCC(Oc3ccc(C)cc3)CC2)cc1. The second-order valence-electron chi connectivity index (χ2n) is 6.44. The van der Waals surface area contributed by atoms with Gasteiger partial charge in [0.15, 0.2) is 0 Å². The lowest BCUT2D eigenvalue weighted by atomic mass is 10.1. The van der Waals surface area contributed by atoms with E-state index in [0.717, 1.165) is 5.75 Å². The third-order valence-corrected chi connectivity index (χ3v) is 6.41. The van der Waals surface area contributed by atoms with Crippen LogP contribution in [-0.4, -0.2) is 38.5 Å². The second-order valence-corrected chi connectivity index (χ2v) is 8.38. The number of hydrogen-bond acceptors (Lipinski definition) is 4. The molecule has 140 valence electrons. The molecule has 5 nitrogen and oxygen atoms in total. The Balaban J connectivity index is 1.60. The largest absolute Gasteiger partial charge is 0.494 e. The lowest BCUT2D eigenvalue weighted by molar-refractivity contribution is 0.135. The zero-order valence-electron chi connectivity index (χ0n) is 15.2. The summed E-state index contributed by atoms with van der Waals surface area (Å²) in [5, 5.41) is 0. The molecule has 2 aromatic carbocycles. The van der Waals surface area contributed by atoms with Crippen molar-refractivity contribution in [1.82, 2.24) is 4.31 Å². The van der Waals surface area contributed by atoms with Gasteiger partial charge in [-0.2, -0.15) is 4.31 Å². The zero-order chi connectivity index (χ0) is 18.6. The molecule has 1 heterocycles. The summed E-state index contributed by atoms with van der Waals surface area (Å²) in [5.41, 5.74) is 1.19. The summed E-state index contributed by atoms with van der Waals surface area (Å²) >= 11 is 0. The molecule has 0 saturated carbocycles. The van der Waals surface area contributed by atoms with E-state index in [-0.39, 0.29) is 6.10 Å². The molecule has 26 heavy (non-hydrogen) atoms. The monoisotopic (exact) mass is 375 g/mol. The first-order valence-electron chi connectivity index (χ1n) is 8.95. The summed E-state index contributed by atoms with van der Waals surface area (Å²) < 4.78 is 38.5. The Bertz CT molecular complexity index is 808. The van der Waals surface area contributed by atoms with Crippen molar-refractivity contribution in [2.75, 3.05) is 19.7 Å². The molecule has 0 spiro atoms. The Morgan fingerprint density at radius 1 is 0.962 bits per heavy atom. The van der Waals surface area contributed by atoms with Crippen molar-refractivity contribution >= 4 is 10.0 Å². The minimum atomic E-state index is -3.47. The highest BCUT2D eigenvalue weighted by molar-refractivity contribution is 7.89. The highest BCUT2D eigenvalue weighted by atomic mass is 32.2. The van der Waals surface area contributed by atoms with Gasteiger partial charge in [-0.15, -0.1) is 0 Å². The van der Waals surface area contributed by atoms with Crippen LogP contribution in [0.25, 0.3) is 0 Å². The number of ether oxygens (including phenoxy) is 2. The van der Waals surface area contributed by atoms with Gasteiger partial charge >= 0.3 is 0 Å². The van der Waals surface area contributed by atoms with Gasteiger partial charge in [0, 0.05) is 13.1 Å². The maximum absolute atomic E-state index is 12.8. The minimum absolute atomic E-state index is 0.0458. The molecule has 0 atom stereocenters. The fourth-order valence-corrected chi connectivity index (χ4v) is 4.49. The van der Waals surface area contributed by atoms with Crippen LogP contribution in [-0.2, 0) is 10.0 Å². The third-order valence-electron chi connectivity index (χ3n) is 4.50. The fourth-order valence-electron chi connectivity index (χ4n) is 3.02. The number of hydrogen-bond donors (Lipinski definition) is 0. The van der Waals surface area contributed by atoms with Crippen LogP contribution >= 0.6 is 0 Å². The molecule has 1 aliphatic rings.